The normalized spacial score (nSPS) is 18.9. The van der Waals surface area contributed by atoms with Gasteiger partial charge in [-0.1, -0.05) is 6.07 Å². The SMILES string of the molecule is CCOC(=O)[C@@H]1CSCCN1Cn1[nH]c(-c2cccs2)nc1=S. The van der Waals surface area contributed by atoms with Crippen LogP contribution < -0.4 is 0 Å². The Balaban J connectivity index is 1.77. The average Bonchev–Trinajstić information content (AvgIpc) is 3.18. The minimum absolute atomic E-state index is 0.163. The van der Waals surface area contributed by atoms with Gasteiger partial charge in [-0.05, 0) is 30.6 Å². The van der Waals surface area contributed by atoms with E-state index in [1.807, 2.05) is 29.1 Å². The van der Waals surface area contributed by atoms with E-state index in [-0.39, 0.29) is 12.0 Å². The molecule has 1 N–H and O–H groups in total. The van der Waals surface area contributed by atoms with Crippen LogP contribution in [0.3, 0.4) is 0 Å². The number of thiophene rings is 1. The summed E-state index contributed by atoms with van der Waals surface area (Å²) in [6.07, 6.45) is 0. The fraction of sp³-hybridized carbons (Fsp3) is 0.500. The van der Waals surface area contributed by atoms with Gasteiger partial charge in [-0.25, -0.2) is 4.68 Å². The number of carbonyl (C=O) groups excluding carboxylic acids is 1. The number of nitrogens with one attached hydrogen (secondary N) is 1. The number of aromatic amines is 1. The maximum Gasteiger partial charge on any atom is 0.324 e. The summed E-state index contributed by atoms with van der Waals surface area (Å²) in [5.41, 5.74) is 0. The Morgan fingerprint density at radius 2 is 2.48 bits per heavy atom. The van der Waals surface area contributed by atoms with Crippen molar-refractivity contribution in [3.8, 4) is 10.7 Å². The minimum atomic E-state index is -0.232. The molecule has 23 heavy (non-hydrogen) atoms. The van der Waals surface area contributed by atoms with Gasteiger partial charge in [0.2, 0.25) is 4.77 Å². The van der Waals surface area contributed by atoms with Crippen LogP contribution in [0, 0.1) is 4.77 Å². The molecule has 3 rings (SSSR count). The second-order valence-corrected chi connectivity index (χ2v) is 7.52. The monoisotopic (exact) mass is 370 g/mol. The highest BCUT2D eigenvalue weighted by Gasteiger charge is 2.30. The van der Waals surface area contributed by atoms with Gasteiger partial charge in [-0.2, -0.15) is 16.7 Å². The summed E-state index contributed by atoms with van der Waals surface area (Å²) in [6.45, 7) is 3.57. The van der Waals surface area contributed by atoms with Crippen molar-refractivity contribution in [2.24, 2.45) is 0 Å². The van der Waals surface area contributed by atoms with Gasteiger partial charge in [0.15, 0.2) is 5.82 Å². The van der Waals surface area contributed by atoms with Gasteiger partial charge in [-0.15, -0.1) is 11.3 Å². The molecular weight excluding hydrogens is 352 g/mol. The van der Waals surface area contributed by atoms with E-state index in [9.17, 15) is 4.79 Å². The molecule has 0 radical (unpaired) electrons. The third kappa shape index (κ3) is 3.85. The summed E-state index contributed by atoms with van der Waals surface area (Å²) in [6, 6.07) is 3.75. The quantitative estimate of drug-likeness (QED) is 0.645. The second-order valence-electron chi connectivity index (χ2n) is 5.06. The number of esters is 1. The summed E-state index contributed by atoms with van der Waals surface area (Å²) in [4.78, 5) is 19.7. The lowest BCUT2D eigenvalue weighted by Crippen LogP contribution is -2.48. The Morgan fingerprint density at radius 3 is 3.22 bits per heavy atom. The van der Waals surface area contributed by atoms with E-state index in [4.69, 9.17) is 17.0 Å². The number of hydrogen-bond acceptors (Lipinski definition) is 7. The van der Waals surface area contributed by atoms with Gasteiger partial charge in [0, 0.05) is 18.1 Å². The smallest absolute Gasteiger partial charge is 0.324 e. The molecule has 0 aromatic carbocycles. The summed E-state index contributed by atoms with van der Waals surface area (Å²) in [7, 11) is 0. The van der Waals surface area contributed by atoms with E-state index in [1.54, 1.807) is 23.1 Å². The van der Waals surface area contributed by atoms with Crippen LogP contribution in [0.5, 0.6) is 0 Å². The van der Waals surface area contributed by atoms with Crippen LogP contribution in [0.25, 0.3) is 10.7 Å². The molecule has 0 aliphatic carbocycles. The second kappa shape index (κ2) is 7.61. The lowest BCUT2D eigenvalue weighted by Gasteiger charge is -2.33. The van der Waals surface area contributed by atoms with Crippen molar-refractivity contribution in [2.75, 3.05) is 24.7 Å². The largest absolute Gasteiger partial charge is 0.465 e. The molecule has 9 heteroatoms. The zero-order valence-corrected chi connectivity index (χ0v) is 15.2. The highest BCUT2D eigenvalue weighted by Crippen LogP contribution is 2.22. The van der Waals surface area contributed by atoms with Crippen molar-refractivity contribution < 1.29 is 9.53 Å². The standard InChI is InChI=1S/C14H18N4O2S3/c1-2-20-13(19)10-8-22-7-5-17(10)9-18-14(21)15-12(16-18)11-4-3-6-23-11/h3-4,6,10H,2,5,7-9H2,1H3,(H,15,16,21)/t10-/m0/s1. The topological polar surface area (TPSA) is 63.1 Å². The van der Waals surface area contributed by atoms with E-state index in [0.717, 1.165) is 28.8 Å². The molecule has 0 saturated carbocycles. The number of hydrogen-bond donors (Lipinski definition) is 1. The van der Waals surface area contributed by atoms with Crippen molar-refractivity contribution >= 4 is 41.3 Å². The Kier molecular flexibility index (Phi) is 5.52. The molecular formula is C14H18N4O2S3. The van der Waals surface area contributed by atoms with E-state index < -0.39 is 0 Å². The van der Waals surface area contributed by atoms with Crippen LogP contribution in [-0.2, 0) is 16.2 Å². The van der Waals surface area contributed by atoms with Crippen molar-refractivity contribution in [3.63, 3.8) is 0 Å². The number of carbonyl (C=O) groups is 1. The molecule has 1 aliphatic rings. The number of H-pyrrole nitrogens is 1. The summed E-state index contributed by atoms with van der Waals surface area (Å²) in [5, 5.41) is 5.24. The Morgan fingerprint density at radius 1 is 1.61 bits per heavy atom. The van der Waals surface area contributed by atoms with Crippen molar-refractivity contribution in [2.45, 2.75) is 19.6 Å². The average molecular weight is 371 g/mol. The fourth-order valence-corrected chi connectivity index (χ4v) is 4.38. The van der Waals surface area contributed by atoms with Gasteiger partial charge in [0.1, 0.15) is 6.04 Å². The molecule has 2 aromatic rings. The number of ether oxygens (including phenoxy) is 1. The first-order valence-electron chi connectivity index (χ1n) is 7.38. The molecule has 124 valence electrons. The first-order valence-corrected chi connectivity index (χ1v) is 9.82. The van der Waals surface area contributed by atoms with Crippen LogP contribution in [0.1, 0.15) is 6.92 Å². The molecule has 0 unspecified atom stereocenters. The molecule has 1 fully saturated rings. The molecule has 6 nitrogen and oxygen atoms in total. The van der Waals surface area contributed by atoms with E-state index >= 15 is 0 Å². The molecule has 0 spiro atoms. The zero-order valence-electron chi connectivity index (χ0n) is 12.7. The molecule has 3 heterocycles. The first kappa shape index (κ1) is 16.7. The lowest BCUT2D eigenvalue weighted by atomic mass is 10.3. The number of nitrogens with zero attached hydrogens (tertiary/aromatic N) is 3. The van der Waals surface area contributed by atoms with Gasteiger partial charge in [0.05, 0.1) is 18.2 Å². The molecule has 1 saturated heterocycles. The highest BCUT2D eigenvalue weighted by atomic mass is 32.2. The fourth-order valence-electron chi connectivity index (χ4n) is 2.42. The lowest BCUT2D eigenvalue weighted by molar-refractivity contribution is -0.149. The summed E-state index contributed by atoms with van der Waals surface area (Å²) in [5.74, 6) is 2.35. The maximum atomic E-state index is 12.1. The van der Waals surface area contributed by atoms with Gasteiger partial charge in [0.25, 0.3) is 0 Å². The number of rotatable bonds is 5. The first-order chi connectivity index (χ1) is 11.2. The van der Waals surface area contributed by atoms with E-state index in [1.165, 1.54) is 0 Å². The summed E-state index contributed by atoms with van der Waals surface area (Å²) < 4.78 is 7.50. The van der Waals surface area contributed by atoms with E-state index in [0.29, 0.717) is 18.0 Å². The predicted molar refractivity (Wildman–Crippen MR) is 95.2 cm³/mol. The molecule has 1 atom stereocenters. The number of aromatic nitrogens is 3. The molecule has 0 amide bonds. The third-order valence-corrected chi connectivity index (χ3v) is 5.77. The number of thioether (sulfide) groups is 1. The van der Waals surface area contributed by atoms with Gasteiger partial charge in [-0.3, -0.25) is 14.8 Å². The van der Waals surface area contributed by atoms with Crippen molar-refractivity contribution in [3.05, 3.63) is 22.3 Å². The highest BCUT2D eigenvalue weighted by molar-refractivity contribution is 7.99. The van der Waals surface area contributed by atoms with Crippen LogP contribution in [0.4, 0.5) is 0 Å². The van der Waals surface area contributed by atoms with Crippen LogP contribution in [-0.4, -0.2) is 56.3 Å². The zero-order chi connectivity index (χ0) is 16.2. The maximum absolute atomic E-state index is 12.1. The van der Waals surface area contributed by atoms with Crippen molar-refractivity contribution in [1.29, 1.82) is 0 Å². The third-order valence-electron chi connectivity index (χ3n) is 3.55. The Hall–Kier alpha value is -1.16. The van der Waals surface area contributed by atoms with Crippen LogP contribution >= 0.6 is 35.3 Å². The van der Waals surface area contributed by atoms with Crippen LogP contribution in [0.15, 0.2) is 17.5 Å². The Bertz CT molecular complexity index is 710. The summed E-state index contributed by atoms with van der Waals surface area (Å²) >= 11 is 8.74. The Labute approximate surface area is 147 Å². The van der Waals surface area contributed by atoms with Crippen LogP contribution in [0.2, 0.25) is 0 Å². The van der Waals surface area contributed by atoms with E-state index in [2.05, 4.69) is 15.0 Å². The molecule has 1 aliphatic heterocycles. The molecule has 2 aromatic heterocycles. The van der Waals surface area contributed by atoms with Crippen molar-refractivity contribution in [1.82, 2.24) is 19.7 Å². The van der Waals surface area contributed by atoms with Gasteiger partial charge >= 0.3 is 5.97 Å². The predicted octanol–water partition coefficient (Wildman–Crippen LogP) is 2.61. The van der Waals surface area contributed by atoms with Gasteiger partial charge < -0.3 is 4.74 Å². The molecule has 0 bridgehead atoms. The minimum Gasteiger partial charge on any atom is -0.465 e.